The average molecular weight is 211 g/mol. The molecule has 1 atom stereocenters. The monoisotopic (exact) mass is 211 g/mol. The van der Waals surface area contributed by atoms with Crippen molar-refractivity contribution in [3.8, 4) is 0 Å². The zero-order chi connectivity index (χ0) is 10.6. The fraction of sp³-hybridized carbons (Fsp3) is 1.00. The second-order valence-corrected chi connectivity index (χ2v) is 5.31. The number of ether oxygens (including phenoxy) is 1. The molecule has 2 fully saturated rings. The molecular formula is C13H25NO. The van der Waals surface area contributed by atoms with Crippen LogP contribution in [0.15, 0.2) is 0 Å². The smallest absolute Gasteiger partial charge is 0.0474 e. The minimum absolute atomic E-state index is 0.714. The molecule has 0 aromatic heterocycles. The highest BCUT2D eigenvalue weighted by molar-refractivity contribution is 5.01. The van der Waals surface area contributed by atoms with Crippen molar-refractivity contribution >= 4 is 0 Å². The van der Waals surface area contributed by atoms with E-state index >= 15 is 0 Å². The predicted molar refractivity (Wildman–Crippen MR) is 63.0 cm³/mol. The van der Waals surface area contributed by atoms with Gasteiger partial charge in [-0.15, -0.1) is 0 Å². The molecule has 0 aromatic carbocycles. The minimum atomic E-state index is 0.714. The van der Waals surface area contributed by atoms with Crippen LogP contribution in [0.1, 0.15) is 51.4 Å². The van der Waals surface area contributed by atoms with Crippen LogP contribution in [0.5, 0.6) is 0 Å². The quantitative estimate of drug-likeness (QED) is 0.706. The van der Waals surface area contributed by atoms with Crippen molar-refractivity contribution in [2.45, 2.75) is 57.4 Å². The summed E-state index contributed by atoms with van der Waals surface area (Å²) in [6, 6.07) is 0.828. The van der Waals surface area contributed by atoms with Crippen molar-refractivity contribution in [1.82, 2.24) is 5.32 Å². The number of methoxy groups -OCH3 is 1. The Morgan fingerprint density at radius 3 is 2.60 bits per heavy atom. The van der Waals surface area contributed by atoms with Crippen molar-refractivity contribution in [3.63, 3.8) is 0 Å². The second kappa shape index (κ2) is 5.31. The van der Waals surface area contributed by atoms with Gasteiger partial charge < -0.3 is 10.1 Å². The lowest BCUT2D eigenvalue weighted by molar-refractivity contribution is 0.0222. The second-order valence-electron chi connectivity index (χ2n) is 5.31. The van der Waals surface area contributed by atoms with Crippen LogP contribution in [0.3, 0.4) is 0 Å². The Labute approximate surface area is 93.8 Å². The summed E-state index contributed by atoms with van der Waals surface area (Å²) in [5.74, 6) is 0. The molecule has 2 nitrogen and oxygen atoms in total. The Morgan fingerprint density at radius 2 is 2.00 bits per heavy atom. The molecule has 1 spiro atoms. The van der Waals surface area contributed by atoms with Gasteiger partial charge in [0.1, 0.15) is 0 Å². The number of hydrogen-bond acceptors (Lipinski definition) is 2. The molecular weight excluding hydrogens is 186 g/mol. The van der Waals surface area contributed by atoms with Gasteiger partial charge in [-0.1, -0.05) is 19.3 Å². The van der Waals surface area contributed by atoms with E-state index in [4.69, 9.17) is 4.74 Å². The van der Waals surface area contributed by atoms with Crippen molar-refractivity contribution in [3.05, 3.63) is 0 Å². The standard InChI is InChI=1S/C13H25NO/c1-15-11-5-10-14-12-6-9-13(12)7-3-2-4-8-13/h12,14H,2-11H2,1H3. The summed E-state index contributed by atoms with van der Waals surface area (Å²) in [6.45, 7) is 2.03. The van der Waals surface area contributed by atoms with Crippen LogP contribution in [0.2, 0.25) is 0 Å². The van der Waals surface area contributed by atoms with E-state index in [1.54, 1.807) is 7.11 Å². The van der Waals surface area contributed by atoms with Crippen molar-refractivity contribution < 1.29 is 4.74 Å². The molecule has 0 radical (unpaired) electrons. The van der Waals surface area contributed by atoms with Gasteiger partial charge in [-0.3, -0.25) is 0 Å². The number of hydrogen-bond donors (Lipinski definition) is 1. The zero-order valence-electron chi connectivity index (χ0n) is 10.1. The van der Waals surface area contributed by atoms with Crippen LogP contribution < -0.4 is 5.32 Å². The lowest BCUT2D eigenvalue weighted by Gasteiger charge is -2.52. The maximum Gasteiger partial charge on any atom is 0.0474 e. The van der Waals surface area contributed by atoms with Crippen LogP contribution in [0.4, 0.5) is 0 Å². The maximum atomic E-state index is 5.07. The molecule has 2 rings (SSSR count). The van der Waals surface area contributed by atoms with Crippen LogP contribution in [-0.4, -0.2) is 26.3 Å². The lowest BCUT2D eigenvalue weighted by Crippen LogP contribution is -2.54. The van der Waals surface area contributed by atoms with Gasteiger partial charge in [-0.2, -0.15) is 0 Å². The molecule has 2 aliphatic rings. The van der Waals surface area contributed by atoms with E-state index in [9.17, 15) is 0 Å². The van der Waals surface area contributed by atoms with Crippen molar-refractivity contribution in [2.24, 2.45) is 5.41 Å². The average Bonchev–Trinajstić information content (AvgIpc) is 2.28. The molecule has 0 bridgehead atoms. The van der Waals surface area contributed by atoms with Crippen molar-refractivity contribution in [2.75, 3.05) is 20.3 Å². The van der Waals surface area contributed by atoms with Gasteiger partial charge in [0.2, 0.25) is 0 Å². The first-order valence-corrected chi connectivity index (χ1v) is 6.60. The summed E-state index contributed by atoms with van der Waals surface area (Å²) in [6.07, 6.45) is 11.4. The fourth-order valence-corrected chi connectivity index (χ4v) is 3.36. The maximum absolute atomic E-state index is 5.07. The molecule has 2 saturated carbocycles. The molecule has 0 amide bonds. The molecule has 88 valence electrons. The molecule has 0 aromatic rings. The summed E-state index contributed by atoms with van der Waals surface area (Å²) in [7, 11) is 1.78. The molecule has 0 heterocycles. The first-order chi connectivity index (χ1) is 7.37. The van der Waals surface area contributed by atoms with Crippen LogP contribution in [0.25, 0.3) is 0 Å². The Morgan fingerprint density at radius 1 is 1.20 bits per heavy atom. The summed E-state index contributed by atoms with van der Waals surface area (Å²) in [5.41, 5.74) is 0.714. The lowest BCUT2D eigenvalue weighted by atomic mass is 9.57. The molecule has 15 heavy (non-hydrogen) atoms. The van der Waals surface area contributed by atoms with Crippen LogP contribution in [0, 0.1) is 5.41 Å². The Kier molecular flexibility index (Phi) is 4.04. The van der Waals surface area contributed by atoms with Gasteiger partial charge in [0.25, 0.3) is 0 Å². The van der Waals surface area contributed by atoms with E-state index in [1.807, 2.05) is 0 Å². The van der Waals surface area contributed by atoms with E-state index < -0.39 is 0 Å². The van der Waals surface area contributed by atoms with Gasteiger partial charge in [-0.25, -0.2) is 0 Å². The van der Waals surface area contributed by atoms with Crippen molar-refractivity contribution in [1.29, 1.82) is 0 Å². The fourth-order valence-electron chi connectivity index (χ4n) is 3.36. The first-order valence-electron chi connectivity index (χ1n) is 6.60. The number of rotatable bonds is 5. The normalized spacial score (nSPS) is 29.0. The Balaban J connectivity index is 1.69. The van der Waals surface area contributed by atoms with E-state index in [-0.39, 0.29) is 0 Å². The molecule has 1 N–H and O–H groups in total. The third kappa shape index (κ3) is 2.54. The van der Waals surface area contributed by atoms with Gasteiger partial charge in [0, 0.05) is 19.8 Å². The van der Waals surface area contributed by atoms with Crippen LogP contribution >= 0.6 is 0 Å². The third-order valence-electron chi connectivity index (χ3n) is 4.44. The first kappa shape index (κ1) is 11.4. The van der Waals surface area contributed by atoms with Gasteiger partial charge >= 0.3 is 0 Å². The van der Waals surface area contributed by atoms with E-state index in [0.29, 0.717) is 5.41 Å². The Hall–Kier alpha value is -0.0800. The summed E-state index contributed by atoms with van der Waals surface area (Å²) in [4.78, 5) is 0. The van der Waals surface area contributed by atoms with E-state index in [1.165, 1.54) is 44.9 Å². The predicted octanol–water partition coefficient (Wildman–Crippen LogP) is 2.73. The van der Waals surface area contributed by atoms with Gasteiger partial charge in [-0.05, 0) is 44.1 Å². The number of nitrogens with one attached hydrogen (secondary N) is 1. The molecule has 2 heteroatoms. The molecule has 0 saturated heterocycles. The largest absolute Gasteiger partial charge is 0.385 e. The summed E-state index contributed by atoms with van der Waals surface area (Å²) in [5, 5.41) is 3.73. The van der Waals surface area contributed by atoms with Gasteiger partial charge in [0.15, 0.2) is 0 Å². The zero-order valence-corrected chi connectivity index (χ0v) is 10.1. The Bertz CT molecular complexity index is 187. The minimum Gasteiger partial charge on any atom is -0.385 e. The van der Waals surface area contributed by atoms with Crippen LogP contribution in [-0.2, 0) is 4.74 Å². The van der Waals surface area contributed by atoms with E-state index in [2.05, 4.69) is 5.32 Å². The topological polar surface area (TPSA) is 21.3 Å². The molecule has 2 aliphatic carbocycles. The van der Waals surface area contributed by atoms with Gasteiger partial charge in [0.05, 0.1) is 0 Å². The highest BCUT2D eigenvalue weighted by atomic mass is 16.5. The highest BCUT2D eigenvalue weighted by Crippen LogP contribution is 2.51. The van der Waals surface area contributed by atoms with E-state index in [0.717, 1.165) is 25.6 Å². The summed E-state index contributed by atoms with van der Waals surface area (Å²) < 4.78 is 5.07. The SMILES string of the molecule is COCCCNC1CCC12CCCCC2. The highest BCUT2D eigenvalue weighted by Gasteiger charge is 2.46. The summed E-state index contributed by atoms with van der Waals surface area (Å²) >= 11 is 0. The molecule has 0 aliphatic heterocycles. The third-order valence-corrected chi connectivity index (χ3v) is 4.44. The molecule has 1 unspecified atom stereocenters.